The van der Waals surface area contributed by atoms with Crippen molar-refractivity contribution in [3.8, 4) is 0 Å². The number of rotatable bonds is 5. The van der Waals surface area contributed by atoms with Gasteiger partial charge in [0.25, 0.3) is 0 Å². The highest BCUT2D eigenvalue weighted by molar-refractivity contribution is 5.01. The molecular weight excluding hydrogens is 182 g/mol. The van der Waals surface area contributed by atoms with Gasteiger partial charge in [-0.3, -0.25) is 0 Å². The van der Waals surface area contributed by atoms with E-state index in [-0.39, 0.29) is 5.54 Å². The molecule has 0 atom stereocenters. The summed E-state index contributed by atoms with van der Waals surface area (Å²) in [5.41, 5.74) is 1.81. The van der Waals surface area contributed by atoms with E-state index in [4.69, 9.17) is 0 Å². The van der Waals surface area contributed by atoms with Gasteiger partial charge in [-0.1, -0.05) is 40.7 Å². The number of allylic oxidation sites excluding steroid dienone is 1. The predicted molar refractivity (Wildman–Crippen MR) is 70.0 cm³/mol. The first-order valence-electron chi connectivity index (χ1n) is 6.02. The molecule has 0 aliphatic heterocycles. The van der Waals surface area contributed by atoms with Gasteiger partial charge in [0.1, 0.15) is 0 Å². The van der Waals surface area contributed by atoms with Crippen LogP contribution in [0, 0.1) is 5.41 Å². The first-order chi connectivity index (χ1) is 6.60. The third-order valence-electron chi connectivity index (χ3n) is 2.98. The van der Waals surface area contributed by atoms with Gasteiger partial charge in [0.15, 0.2) is 0 Å². The second-order valence-electron chi connectivity index (χ2n) is 6.43. The van der Waals surface area contributed by atoms with Crippen LogP contribution >= 0.6 is 0 Å². The average Bonchev–Trinajstić information content (AvgIpc) is 1.99. The van der Waals surface area contributed by atoms with E-state index in [1.807, 2.05) is 0 Å². The summed E-state index contributed by atoms with van der Waals surface area (Å²) in [4.78, 5) is 2.35. The molecule has 0 radical (unpaired) electrons. The molecule has 0 N–H and O–H groups in total. The molecular formula is C14H29N. The van der Waals surface area contributed by atoms with Crippen molar-refractivity contribution < 1.29 is 0 Å². The van der Waals surface area contributed by atoms with Crippen LogP contribution in [-0.2, 0) is 0 Å². The summed E-state index contributed by atoms with van der Waals surface area (Å²) in [6.45, 7) is 17.8. The highest BCUT2D eigenvalue weighted by atomic mass is 15.2. The Morgan fingerprint density at radius 1 is 1.13 bits per heavy atom. The van der Waals surface area contributed by atoms with Crippen LogP contribution in [-0.4, -0.2) is 17.5 Å². The van der Waals surface area contributed by atoms with E-state index in [2.05, 4.69) is 60.1 Å². The Bertz CT molecular complexity index is 208. The summed E-state index contributed by atoms with van der Waals surface area (Å²) in [5.74, 6) is 0. The fourth-order valence-corrected chi connectivity index (χ4v) is 1.94. The van der Waals surface area contributed by atoms with E-state index in [1.54, 1.807) is 0 Å². The van der Waals surface area contributed by atoms with E-state index in [1.165, 1.54) is 18.5 Å². The Balaban J connectivity index is 4.44. The molecule has 0 fully saturated rings. The molecule has 0 aromatic carbocycles. The normalized spacial score (nSPS) is 12.7. The van der Waals surface area contributed by atoms with Gasteiger partial charge in [-0.2, -0.15) is 0 Å². The summed E-state index contributed by atoms with van der Waals surface area (Å²) < 4.78 is 0. The molecule has 0 amide bonds. The van der Waals surface area contributed by atoms with Gasteiger partial charge in [-0.15, -0.1) is 0 Å². The molecule has 0 aromatic rings. The van der Waals surface area contributed by atoms with Gasteiger partial charge in [-0.25, -0.2) is 0 Å². The Morgan fingerprint density at radius 2 is 1.60 bits per heavy atom. The van der Waals surface area contributed by atoms with Gasteiger partial charge >= 0.3 is 0 Å². The Hall–Kier alpha value is -0.460. The van der Waals surface area contributed by atoms with Crippen molar-refractivity contribution >= 4 is 0 Å². The van der Waals surface area contributed by atoms with Crippen LogP contribution < -0.4 is 0 Å². The fourth-order valence-electron chi connectivity index (χ4n) is 1.94. The summed E-state index contributed by atoms with van der Waals surface area (Å²) in [6.07, 6.45) is 3.50. The smallest absolute Gasteiger partial charge is 0.0339 e. The third kappa shape index (κ3) is 5.25. The fraction of sp³-hybridized carbons (Fsp3) is 0.857. The lowest BCUT2D eigenvalue weighted by Crippen LogP contribution is -2.40. The second kappa shape index (κ2) is 5.05. The maximum Gasteiger partial charge on any atom is 0.0339 e. The Labute approximate surface area is 96.6 Å². The number of hydrogen-bond donors (Lipinski definition) is 0. The Kier molecular flexibility index (Phi) is 4.89. The molecule has 0 rings (SSSR count). The monoisotopic (exact) mass is 211 g/mol. The minimum Gasteiger partial charge on any atom is -0.373 e. The van der Waals surface area contributed by atoms with Crippen LogP contribution in [0.3, 0.4) is 0 Å². The van der Waals surface area contributed by atoms with Crippen LogP contribution in [0.4, 0.5) is 0 Å². The first-order valence-corrected chi connectivity index (χ1v) is 6.02. The molecule has 0 heterocycles. The van der Waals surface area contributed by atoms with E-state index < -0.39 is 0 Å². The van der Waals surface area contributed by atoms with Gasteiger partial charge in [0.2, 0.25) is 0 Å². The molecule has 0 unspecified atom stereocenters. The van der Waals surface area contributed by atoms with Crippen molar-refractivity contribution in [1.82, 2.24) is 4.90 Å². The molecule has 15 heavy (non-hydrogen) atoms. The maximum absolute atomic E-state index is 4.21. The summed E-state index contributed by atoms with van der Waals surface area (Å²) in [6, 6.07) is 0. The molecule has 0 saturated heterocycles. The minimum absolute atomic E-state index is 0.233. The van der Waals surface area contributed by atoms with Gasteiger partial charge in [-0.05, 0) is 32.1 Å². The van der Waals surface area contributed by atoms with E-state index in [9.17, 15) is 0 Å². The SMILES string of the molecule is C=C(CC(C)(C)C)N(C)C(C)(C)CCC. The minimum atomic E-state index is 0.233. The van der Waals surface area contributed by atoms with Crippen LogP contribution in [0.15, 0.2) is 12.3 Å². The average molecular weight is 211 g/mol. The van der Waals surface area contributed by atoms with E-state index >= 15 is 0 Å². The second-order valence-corrected chi connectivity index (χ2v) is 6.43. The topological polar surface area (TPSA) is 3.24 Å². The molecule has 0 spiro atoms. The first kappa shape index (κ1) is 14.5. The summed E-state index contributed by atoms with van der Waals surface area (Å²) in [5, 5.41) is 0. The van der Waals surface area contributed by atoms with Gasteiger partial charge < -0.3 is 4.90 Å². The molecule has 1 heteroatoms. The number of hydrogen-bond acceptors (Lipinski definition) is 1. The lowest BCUT2D eigenvalue weighted by atomic mass is 9.88. The zero-order chi connectivity index (χ0) is 12.3. The van der Waals surface area contributed by atoms with Crippen LogP contribution in [0.2, 0.25) is 0 Å². The van der Waals surface area contributed by atoms with Crippen molar-refractivity contribution in [2.45, 2.75) is 66.3 Å². The summed E-state index contributed by atoms with van der Waals surface area (Å²) in [7, 11) is 2.17. The number of nitrogens with zero attached hydrogens (tertiary/aromatic N) is 1. The van der Waals surface area contributed by atoms with Crippen LogP contribution in [0.5, 0.6) is 0 Å². The molecule has 0 bridgehead atoms. The molecule has 90 valence electrons. The molecule has 0 aliphatic carbocycles. The van der Waals surface area contributed by atoms with Gasteiger partial charge in [0.05, 0.1) is 0 Å². The quantitative estimate of drug-likeness (QED) is 0.649. The molecule has 0 aromatic heterocycles. The van der Waals surface area contributed by atoms with E-state index in [0.717, 1.165) is 6.42 Å². The molecule has 0 saturated carbocycles. The van der Waals surface area contributed by atoms with Crippen LogP contribution in [0.1, 0.15) is 60.8 Å². The highest BCUT2D eigenvalue weighted by Gasteiger charge is 2.25. The Morgan fingerprint density at radius 3 is 1.93 bits per heavy atom. The lowest BCUT2D eigenvalue weighted by molar-refractivity contribution is 0.172. The zero-order valence-electron chi connectivity index (χ0n) is 11.8. The largest absolute Gasteiger partial charge is 0.373 e. The van der Waals surface area contributed by atoms with Crippen molar-refractivity contribution in [2.75, 3.05) is 7.05 Å². The van der Waals surface area contributed by atoms with Crippen molar-refractivity contribution in [3.05, 3.63) is 12.3 Å². The van der Waals surface area contributed by atoms with Crippen LogP contribution in [0.25, 0.3) is 0 Å². The van der Waals surface area contributed by atoms with E-state index in [0.29, 0.717) is 5.41 Å². The standard InChI is InChI=1S/C14H29N/c1-9-10-14(6,7)15(8)12(2)11-13(3,4)5/h2,9-11H2,1,3-8H3. The zero-order valence-corrected chi connectivity index (χ0v) is 11.8. The summed E-state index contributed by atoms with van der Waals surface area (Å²) >= 11 is 0. The molecule has 0 aliphatic rings. The van der Waals surface area contributed by atoms with Crippen molar-refractivity contribution in [2.24, 2.45) is 5.41 Å². The molecule has 1 nitrogen and oxygen atoms in total. The van der Waals surface area contributed by atoms with Crippen molar-refractivity contribution in [3.63, 3.8) is 0 Å². The van der Waals surface area contributed by atoms with Gasteiger partial charge in [0, 0.05) is 18.3 Å². The highest BCUT2D eigenvalue weighted by Crippen LogP contribution is 2.29. The third-order valence-corrected chi connectivity index (χ3v) is 2.98. The predicted octanol–water partition coefficient (Wildman–Crippen LogP) is 4.45. The van der Waals surface area contributed by atoms with Crippen molar-refractivity contribution in [1.29, 1.82) is 0 Å². The lowest BCUT2D eigenvalue weighted by Gasteiger charge is -2.40. The maximum atomic E-state index is 4.21.